The SMILES string of the molecule is CC(C)CN(CC1CCCN1)S(=O)(=O)CCS(C)(=O)=O. The fourth-order valence-corrected chi connectivity index (χ4v) is 5.50. The van der Waals surface area contributed by atoms with E-state index in [-0.39, 0.29) is 23.5 Å². The molecule has 1 fully saturated rings. The molecule has 1 aliphatic rings. The first-order valence-electron chi connectivity index (χ1n) is 6.99. The van der Waals surface area contributed by atoms with Gasteiger partial charge in [-0.3, -0.25) is 0 Å². The van der Waals surface area contributed by atoms with E-state index in [1.54, 1.807) is 0 Å². The monoisotopic (exact) mass is 326 g/mol. The lowest BCUT2D eigenvalue weighted by atomic mass is 10.2. The molecule has 1 atom stereocenters. The van der Waals surface area contributed by atoms with Crippen molar-refractivity contribution in [2.75, 3.05) is 37.4 Å². The third-order valence-corrected chi connectivity index (χ3v) is 6.27. The fourth-order valence-electron chi connectivity index (χ4n) is 2.25. The second-order valence-corrected chi connectivity index (χ2v) is 10.3. The van der Waals surface area contributed by atoms with Gasteiger partial charge >= 0.3 is 0 Å². The van der Waals surface area contributed by atoms with Crippen molar-refractivity contribution >= 4 is 19.9 Å². The molecular weight excluding hydrogens is 300 g/mol. The second-order valence-electron chi connectivity index (χ2n) is 5.95. The highest BCUT2D eigenvalue weighted by Gasteiger charge is 2.28. The molecule has 1 unspecified atom stereocenters. The van der Waals surface area contributed by atoms with E-state index >= 15 is 0 Å². The van der Waals surface area contributed by atoms with Crippen LogP contribution in [0.5, 0.6) is 0 Å². The highest BCUT2D eigenvalue weighted by molar-refractivity contribution is 7.93. The molecule has 1 rings (SSSR count). The predicted molar refractivity (Wildman–Crippen MR) is 80.9 cm³/mol. The van der Waals surface area contributed by atoms with E-state index in [2.05, 4.69) is 5.32 Å². The number of sulfonamides is 1. The van der Waals surface area contributed by atoms with E-state index in [0.717, 1.165) is 25.6 Å². The van der Waals surface area contributed by atoms with E-state index in [1.165, 1.54) is 4.31 Å². The van der Waals surface area contributed by atoms with Gasteiger partial charge < -0.3 is 5.32 Å². The van der Waals surface area contributed by atoms with Crippen molar-refractivity contribution in [1.29, 1.82) is 0 Å². The van der Waals surface area contributed by atoms with Gasteiger partial charge in [-0.2, -0.15) is 0 Å². The Morgan fingerprint density at radius 3 is 2.30 bits per heavy atom. The van der Waals surface area contributed by atoms with Crippen LogP contribution >= 0.6 is 0 Å². The van der Waals surface area contributed by atoms with Crippen molar-refractivity contribution in [3.8, 4) is 0 Å². The van der Waals surface area contributed by atoms with Gasteiger partial charge in [0.15, 0.2) is 0 Å². The maximum absolute atomic E-state index is 12.3. The Morgan fingerprint density at radius 1 is 1.20 bits per heavy atom. The standard InChI is InChI=1S/C12H26N2O4S2/c1-11(2)9-14(10-12-5-4-6-13-12)20(17,18)8-7-19(3,15)16/h11-13H,4-10H2,1-3H3. The summed E-state index contributed by atoms with van der Waals surface area (Å²) in [6.45, 7) is 5.71. The van der Waals surface area contributed by atoms with Crippen LogP contribution < -0.4 is 5.32 Å². The minimum atomic E-state index is -3.52. The summed E-state index contributed by atoms with van der Waals surface area (Å²) in [6, 6.07) is 0.182. The lowest BCUT2D eigenvalue weighted by Gasteiger charge is -2.26. The Morgan fingerprint density at radius 2 is 1.85 bits per heavy atom. The quantitative estimate of drug-likeness (QED) is 0.682. The second kappa shape index (κ2) is 7.20. The van der Waals surface area contributed by atoms with Gasteiger partial charge in [-0.15, -0.1) is 0 Å². The van der Waals surface area contributed by atoms with Gasteiger partial charge in [-0.1, -0.05) is 13.8 Å². The zero-order valence-electron chi connectivity index (χ0n) is 12.5. The summed E-state index contributed by atoms with van der Waals surface area (Å²) in [7, 11) is -6.79. The van der Waals surface area contributed by atoms with Crippen LogP contribution in [-0.4, -0.2) is 64.6 Å². The summed E-state index contributed by atoms with van der Waals surface area (Å²) in [5.41, 5.74) is 0. The molecular formula is C12H26N2O4S2. The lowest BCUT2D eigenvalue weighted by molar-refractivity contribution is 0.337. The molecule has 6 nitrogen and oxygen atoms in total. The van der Waals surface area contributed by atoms with Crippen LogP contribution in [0.3, 0.4) is 0 Å². The average molecular weight is 326 g/mol. The highest BCUT2D eigenvalue weighted by atomic mass is 32.2. The highest BCUT2D eigenvalue weighted by Crippen LogP contribution is 2.13. The minimum Gasteiger partial charge on any atom is -0.313 e. The average Bonchev–Trinajstić information content (AvgIpc) is 2.77. The topological polar surface area (TPSA) is 83.6 Å². The molecule has 0 aromatic heterocycles. The van der Waals surface area contributed by atoms with Gasteiger partial charge in [0, 0.05) is 25.4 Å². The Kier molecular flexibility index (Phi) is 6.43. The normalized spacial score (nSPS) is 20.9. The molecule has 0 radical (unpaired) electrons. The van der Waals surface area contributed by atoms with Crippen LogP contribution in [0.2, 0.25) is 0 Å². The number of rotatable bonds is 8. The number of sulfone groups is 1. The first kappa shape index (κ1) is 17.9. The van der Waals surface area contributed by atoms with Crippen molar-refractivity contribution in [3.05, 3.63) is 0 Å². The molecule has 1 N–H and O–H groups in total. The van der Waals surface area contributed by atoms with Crippen LogP contribution in [0.25, 0.3) is 0 Å². The van der Waals surface area contributed by atoms with Gasteiger partial charge in [0.25, 0.3) is 0 Å². The smallest absolute Gasteiger partial charge is 0.215 e. The first-order valence-corrected chi connectivity index (χ1v) is 10.7. The zero-order chi connectivity index (χ0) is 15.4. The van der Waals surface area contributed by atoms with Crippen molar-refractivity contribution in [2.24, 2.45) is 5.92 Å². The third-order valence-electron chi connectivity index (χ3n) is 3.26. The molecule has 20 heavy (non-hydrogen) atoms. The predicted octanol–water partition coefficient (Wildman–Crippen LogP) is 0.0708. The van der Waals surface area contributed by atoms with Crippen LogP contribution in [0.15, 0.2) is 0 Å². The van der Waals surface area contributed by atoms with Crippen LogP contribution in [0, 0.1) is 5.92 Å². The molecule has 0 aromatic carbocycles. The maximum atomic E-state index is 12.3. The number of hydrogen-bond acceptors (Lipinski definition) is 5. The van der Waals surface area contributed by atoms with E-state index in [1.807, 2.05) is 13.8 Å². The first-order chi connectivity index (χ1) is 9.10. The largest absolute Gasteiger partial charge is 0.313 e. The van der Waals surface area contributed by atoms with E-state index in [9.17, 15) is 16.8 Å². The summed E-state index contributed by atoms with van der Waals surface area (Å²) < 4.78 is 48.5. The summed E-state index contributed by atoms with van der Waals surface area (Å²) in [6.07, 6.45) is 3.09. The molecule has 1 heterocycles. The Balaban J connectivity index is 2.73. The molecule has 120 valence electrons. The summed E-state index contributed by atoms with van der Waals surface area (Å²) in [5.74, 6) is -0.433. The maximum Gasteiger partial charge on any atom is 0.215 e. The number of hydrogen-bond donors (Lipinski definition) is 1. The van der Waals surface area contributed by atoms with Crippen LogP contribution in [-0.2, 0) is 19.9 Å². The number of nitrogens with zero attached hydrogens (tertiary/aromatic N) is 1. The van der Waals surface area contributed by atoms with E-state index < -0.39 is 19.9 Å². The Labute approximate surface area is 122 Å². The van der Waals surface area contributed by atoms with Gasteiger partial charge in [0.2, 0.25) is 10.0 Å². The molecule has 0 aromatic rings. The lowest BCUT2D eigenvalue weighted by Crippen LogP contribution is -2.44. The third kappa shape index (κ3) is 6.51. The van der Waals surface area contributed by atoms with Crippen LogP contribution in [0.4, 0.5) is 0 Å². The van der Waals surface area contributed by atoms with Gasteiger partial charge in [0.05, 0.1) is 11.5 Å². The van der Waals surface area contributed by atoms with E-state index in [4.69, 9.17) is 0 Å². The molecule has 0 spiro atoms. The minimum absolute atomic E-state index is 0.182. The molecule has 1 saturated heterocycles. The fraction of sp³-hybridized carbons (Fsp3) is 1.00. The molecule has 0 saturated carbocycles. The number of nitrogens with one attached hydrogen (secondary N) is 1. The zero-order valence-corrected chi connectivity index (χ0v) is 14.1. The van der Waals surface area contributed by atoms with Crippen molar-refractivity contribution in [2.45, 2.75) is 32.7 Å². The molecule has 0 amide bonds. The summed E-state index contributed by atoms with van der Waals surface area (Å²) in [4.78, 5) is 0. The van der Waals surface area contributed by atoms with Crippen molar-refractivity contribution < 1.29 is 16.8 Å². The summed E-state index contributed by atoms with van der Waals surface area (Å²) >= 11 is 0. The van der Waals surface area contributed by atoms with Gasteiger partial charge in [-0.25, -0.2) is 21.1 Å². The van der Waals surface area contributed by atoms with Gasteiger partial charge in [-0.05, 0) is 25.3 Å². The molecule has 8 heteroatoms. The van der Waals surface area contributed by atoms with Crippen molar-refractivity contribution in [3.63, 3.8) is 0 Å². The Hall–Kier alpha value is -0.180. The summed E-state index contributed by atoms with van der Waals surface area (Å²) in [5, 5.41) is 3.28. The molecule has 1 aliphatic heterocycles. The Bertz CT molecular complexity index is 494. The van der Waals surface area contributed by atoms with E-state index in [0.29, 0.717) is 13.1 Å². The van der Waals surface area contributed by atoms with Crippen LogP contribution in [0.1, 0.15) is 26.7 Å². The molecule has 0 aliphatic carbocycles. The van der Waals surface area contributed by atoms with Crippen molar-refractivity contribution in [1.82, 2.24) is 9.62 Å². The molecule has 0 bridgehead atoms. The van der Waals surface area contributed by atoms with Gasteiger partial charge in [0.1, 0.15) is 9.84 Å².